The topological polar surface area (TPSA) is 23.0 Å². The predicted molar refractivity (Wildman–Crippen MR) is 239 cm³/mol. The Hall–Kier alpha value is -7.62. The average Bonchev–Trinajstić information content (AvgIpc) is 3.94. The third-order valence-electron chi connectivity index (χ3n) is 11.7. The summed E-state index contributed by atoms with van der Waals surface area (Å²) in [7, 11) is 0. The molecule has 0 fully saturated rings. The Morgan fingerprint density at radius 1 is 0.263 bits per heavy atom. The van der Waals surface area contributed by atoms with Crippen LogP contribution in [0.15, 0.2) is 211 Å². The number of hydrogen-bond acceptors (Lipinski definition) is 1. The minimum absolute atomic E-state index is 0.900. The lowest BCUT2D eigenvalue weighted by Gasteiger charge is -2.11. The van der Waals surface area contributed by atoms with E-state index >= 15 is 0 Å². The zero-order chi connectivity index (χ0) is 37.5. The van der Waals surface area contributed by atoms with Gasteiger partial charge in [-0.3, -0.25) is 0 Å². The van der Waals surface area contributed by atoms with E-state index in [0.717, 1.165) is 44.3 Å². The molecule has 0 bridgehead atoms. The Morgan fingerprint density at radius 3 is 1.56 bits per heavy atom. The van der Waals surface area contributed by atoms with Gasteiger partial charge in [-0.25, -0.2) is 0 Å². The first-order valence-corrected chi connectivity index (χ1v) is 19.5. The Labute approximate surface area is 328 Å². The second-order valence-corrected chi connectivity index (χ2v) is 14.9. The molecule has 0 unspecified atom stereocenters. The lowest BCUT2D eigenvalue weighted by atomic mass is 9.99. The van der Waals surface area contributed by atoms with Crippen LogP contribution < -0.4 is 0 Å². The van der Waals surface area contributed by atoms with E-state index in [1.54, 1.807) is 0 Å². The van der Waals surface area contributed by atoms with Crippen LogP contribution in [0.2, 0.25) is 0 Å². The molecule has 0 amide bonds. The Bertz CT molecular complexity index is 3490. The van der Waals surface area contributed by atoms with E-state index in [9.17, 15) is 0 Å². The van der Waals surface area contributed by atoms with Crippen molar-refractivity contribution in [1.29, 1.82) is 0 Å². The molecule has 12 rings (SSSR count). The van der Waals surface area contributed by atoms with Gasteiger partial charge in [0.25, 0.3) is 0 Å². The van der Waals surface area contributed by atoms with Gasteiger partial charge in [-0.05, 0) is 106 Å². The van der Waals surface area contributed by atoms with Crippen molar-refractivity contribution in [3.8, 4) is 44.8 Å². The molecule has 0 spiro atoms. The quantitative estimate of drug-likeness (QED) is 0.173. The molecule has 0 aliphatic carbocycles. The number of nitrogens with zero attached hydrogens (tertiary/aromatic N) is 2. The number of rotatable bonds is 5. The first-order valence-electron chi connectivity index (χ1n) is 19.5. The summed E-state index contributed by atoms with van der Waals surface area (Å²) in [6, 6.07) is 74.4. The summed E-state index contributed by atoms with van der Waals surface area (Å²) in [5.41, 5.74) is 16.0. The van der Waals surface area contributed by atoms with Crippen molar-refractivity contribution in [2.75, 3.05) is 0 Å². The molecular weight excluding hydrogens is 693 g/mol. The van der Waals surface area contributed by atoms with Crippen LogP contribution in [-0.2, 0) is 0 Å². The molecule has 3 aromatic heterocycles. The van der Waals surface area contributed by atoms with E-state index in [1.165, 1.54) is 66.0 Å². The zero-order valence-corrected chi connectivity index (χ0v) is 30.9. The van der Waals surface area contributed by atoms with Gasteiger partial charge >= 0.3 is 0 Å². The van der Waals surface area contributed by atoms with Crippen LogP contribution in [0.5, 0.6) is 0 Å². The number of furan rings is 1. The molecular formula is C54H34N2O. The number of hydrogen-bond donors (Lipinski definition) is 0. The normalized spacial score (nSPS) is 11.9. The summed E-state index contributed by atoms with van der Waals surface area (Å²) in [5, 5.41) is 7.16. The Kier molecular flexibility index (Phi) is 6.93. The van der Waals surface area contributed by atoms with Crippen molar-refractivity contribution >= 4 is 65.6 Å². The first-order chi connectivity index (χ1) is 28.3. The highest BCUT2D eigenvalue weighted by atomic mass is 16.3. The molecule has 3 nitrogen and oxygen atoms in total. The number of benzene rings is 9. The second-order valence-electron chi connectivity index (χ2n) is 14.9. The SMILES string of the molecule is c1ccc(-c2ccc(-n3c4ccccc4c4cc(-c5ccc6c(c5)c5c7c(ccc5n6-c5cccc(-c6ccccc6)c5)oc5ccccc57)ccc43)cc2)cc1. The van der Waals surface area contributed by atoms with Gasteiger partial charge in [0.1, 0.15) is 11.2 Å². The maximum atomic E-state index is 6.46. The summed E-state index contributed by atoms with van der Waals surface area (Å²) in [5.74, 6) is 0. The monoisotopic (exact) mass is 726 g/mol. The summed E-state index contributed by atoms with van der Waals surface area (Å²) in [4.78, 5) is 0. The fraction of sp³-hybridized carbons (Fsp3) is 0. The molecule has 0 saturated carbocycles. The average molecular weight is 727 g/mol. The fourth-order valence-electron chi connectivity index (χ4n) is 9.10. The molecule has 0 N–H and O–H groups in total. The summed E-state index contributed by atoms with van der Waals surface area (Å²) >= 11 is 0. The zero-order valence-electron chi connectivity index (χ0n) is 30.9. The van der Waals surface area contributed by atoms with Crippen molar-refractivity contribution < 1.29 is 4.42 Å². The van der Waals surface area contributed by atoms with E-state index in [4.69, 9.17) is 4.42 Å². The molecule has 57 heavy (non-hydrogen) atoms. The van der Waals surface area contributed by atoms with Gasteiger partial charge in [-0.15, -0.1) is 0 Å². The van der Waals surface area contributed by atoms with Crippen LogP contribution in [0.3, 0.4) is 0 Å². The maximum absolute atomic E-state index is 6.46. The first kappa shape index (κ1) is 31.7. The maximum Gasteiger partial charge on any atom is 0.136 e. The van der Waals surface area contributed by atoms with Crippen LogP contribution in [-0.4, -0.2) is 9.13 Å². The Morgan fingerprint density at radius 2 is 0.789 bits per heavy atom. The second kappa shape index (κ2) is 12.5. The van der Waals surface area contributed by atoms with Gasteiger partial charge in [0, 0.05) is 43.7 Å². The van der Waals surface area contributed by atoms with Gasteiger partial charge in [0.05, 0.1) is 22.1 Å². The van der Waals surface area contributed by atoms with Crippen LogP contribution in [0.25, 0.3) is 110 Å². The number of aromatic nitrogens is 2. The minimum atomic E-state index is 0.900. The summed E-state index contributed by atoms with van der Waals surface area (Å²) < 4.78 is 11.3. The van der Waals surface area contributed by atoms with Crippen LogP contribution in [0.4, 0.5) is 0 Å². The standard InChI is InChI=1S/C54H34N2O/c1-3-12-35(13-4-1)37-22-26-41(27-23-37)55-47-20-9-7-18-43(47)45-33-39(24-28-48(45)55)40-25-29-49-46(34-40)53-50(30-31-52-54(53)44-19-8-10-21-51(44)57-52)56(49)42-17-11-16-38(32-42)36-14-5-2-6-15-36/h1-34H. The molecule has 0 saturated heterocycles. The van der Waals surface area contributed by atoms with Gasteiger partial charge in [0.2, 0.25) is 0 Å². The van der Waals surface area contributed by atoms with E-state index in [-0.39, 0.29) is 0 Å². The molecule has 0 atom stereocenters. The Balaban J connectivity index is 1.06. The van der Waals surface area contributed by atoms with Gasteiger partial charge in [-0.2, -0.15) is 0 Å². The molecule has 3 heterocycles. The number of fused-ring (bicyclic) bond motifs is 10. The third kappa shape index (κ3) is 4.92. The summed E-state index contributed by atoms with van der Waals surface area (Å²) in [6.45, 7) is 0. The van der Waals surface area contributed by atoms with Crippen LogP contribution in [0, 0.1) is 0 Å². The summed E-state index contributed by atoms with van der Waals surface area (Å²) in [6.07, 6.45) is 0. The van der Waals surface area contributed by atoms with Crippen LogP contribution in [0.1, 0.15) is 0 Å². The van der Waals surface area contributed by atoms with Crippen molar-refractivity contribution in [3.05, 3.63) is 206 Å². The third-order valence-corrected chi connectivity index (χ3v) is 11.7. The largest absolute Gasteiger partial charge is 0.456 e. The lowest BCUT2D eigenvalue weighted by molar-refractivity contribution is 0.669. The number of para-hydroxylation sites is 2. The molecule has 0 aliphatic rings. The van der Waals surface area contributed by atoms with Crippen molar-refractivity contribution in [2.45, 2.75) is 0 Å². The smallest absolute Gasteiger partial charge is 0.136 e. The lowest BCUT2D eigenvalue weighted by Crippen LogP contribution is -1.94. The predicted octanol–water partition coefficient (Wildman–Crippen LogP) is 14.8. The van der Waals surface area contributed by atoms with Crippen molar-refractivity contribution in [2.24, 2.45) is 0 Å². The molecule has 12 aromatic rings. The molecule has 266 valence electrons. The van der Waals surface area contributed by atoms with Crippen molar-refractivity contribution in [1.82, 2.24) is 9.13 Å². The highest BCUT2D eigenvalue weighted by molar-refractivity contribution is 6.27. The van der Waals surface area contributed by atoms with Crippen LogP contribution >= 0.6 is 0 Å². The van der Waals surface area contributed by atoms with E-state index < -0.39 is 0 Å². The van der Waals surface area contributed by atoms with E-state index in [2.05, 4.69) is 209 Å². The molecule has 0 radical (unpaired) electrons. The van der Waals surface area contributed by atoms with E-state index in [1.807, 2.05) is 6.07 Å². The fourth-order valence-corrected chi connectivity index (χ4v) is 9.10. The van der Waals surface area contributed by atoms with Gasteiger partial charge in [0.15, 0.2) is 0 Å². The molecule has 3 heteroatoms. The van der Waals surface area contributed by atoms with Crippen molar-refractivity contribution in [3.63, 3.8) is 0 Å². The molecule has 9 aromatic carbocycles. The minimum Gasteiger partial charge on any atom is -0.456 e. The van der Waals surface area contributed by atoms with Gasteiger partial charge < -0.3 is 13.6 Å². The van der Waals surface area contributed by atoms with E-state index in [0.29, 0.717) is 0 Å². The molecule has 0 aliphatic heterocycles. The highest BCUT2D eigenvalue weighted by Gasteiger charge is 2.20. The van der Waals surface area contributed by atoms with Gasteiger partial charge in [-0.1, -0.05) is 133 Å². The highest BCUT2D eigenvalue weighted by Crippen LogP contribution is 2.43.